The number of quaternary nitrogens is 1. The summed E-state index contributed by atoms with van der Waals surface area (Å²) in [5, 5.41) is 10.9. The first-order valence-electron chi connectivity index (χ1n) is 5.45. The van der Waals surface area contributed by atoms with Crippen LogP contribution in [0.15, 0.2) is 24.3 Å². The molecule has 1 unspecified atom stereocenters. The standard InChI is InChI=1S/C11H17N2O4P/c1-13(2,3)8-9-17-18(16)11-6-4-10(5-7-11)12(14)15/h4-7H,8-9H2,1-3H3/q+2. The Hall–Kier alpha value is -1.36. The van der Waals surface area contributed by atoms with E-state index in [2.05, 4.69) is 0 Å². The lowest BCUT2D eigenvalue weighted by Crippen LogP contribution is -2.37. The number of non-ortho nitro benzene ring substituents is 1. The molecule has 0 N–H and O–H groups in total. The summed E-state index contributed by atoms with van der Waals surface area (Å²) in [6.45, 7) is 1.13. The lowest BCUT2D eigenvalue weighted by atomic mass is 10.3. The van der Waals surface area contributed by atoms with Gasteiger partial charge >= 0.3 is 8.03 Å². The molecule has 0 aromatic heterocycles. The Morgan fingerprint density at radius 1 is 1.28 bits per heavy atom. The molecule has 0 fully saturated rings. The highest BCUT2D eigenvalue weighted by Crippen LogP contribution is 2.22. The summed E-state index contributed by atoms with van der Waals surface area (Å²) in [6.07, 6.45) is 0. The van der Waals surface area contributed by atoms with Crippen molar-refractivity contribution in [1.29, 1.82) is 0 Å². The lowest BCUT2D eigenvalue weighted by Gasteiger charge is -2.21. The van der Waals surface area contributed by atoms with Crippen molar-refractivity contribution in [1.82, 2.24) is 0 Å². The van der Waals surface area contributed by atoms with Crippen molar-refractivity contribution in [3.63, 3.8) is 0 Å². The fourth-order valence-corrected chi connectivity index (χ4v) is 1.96. The van der Waals surface area contributed by atoms with Crippen LogP contribution in [0, 0.1) is 10.1 Å². The van der Waals surface area contributed by atoms with Gasteiger partial charge in [-0.2, -0.15) is 0 Å². The number of nitro groups is 1. The van der Waals surface area contributed by atoms with E-state index < -0.39 is 13.0 Å². The van der Waals surface area contributed by atoms with E-state index in [1.54, 1.807) is 0 Å². The summed E-state index contributed by atoms with van der Waals surface area (Å²) < 4.78 is 17.7. The summed E-state index contributed by atoms with van der Waals surface area (Å²) in [5.41, 5.74) is -0.0199. The molecule has 0 amide bonds. The van der Waals surface area contributed by atoms with E-state index in [1.165, 1.54) is 24.3 Å². The monoisotopic (exact) mass is 272 g/mol. The van der Waals surface area contributed by atoms with Crippen LogP contribution >= 0.6 is 8.03 Å². The van der Waals surface area contributed by atoms with Gasteiger partial charge in [-0.05, 0) is 4.57 Å². The Labute approximate surface area is 107 Å². The molecular formula is C11H17N2O4P+2. The van der Waals surface area contributed by atoms with Crippen LogP contribution in [0.4, 0.5) is 5.69 Å². The minimum Gasteiger partial charge on any atom is -0.329 e. The molecule has 18 heavy (non-hydrogen) atoms. The molecule has 1 atom stereocenters. The Morgan fingerprint density at radius 2 is 1.83 bits per heavy atom. The predicted molar refractivity (Wildman–Crippen MR) is 69.2 cm³/mol. The highest BCUT2D eigenvalue weighted by atomic mass is 31.1. The van der Waals surface area contributed by atoms with Crippen LogP contribution in [0.25, 0.3) is 0 Å². The Bertz CT molecular complexity index is 439. The average molecular weight is 272 g/mol. The van der Waals surface area contributed by atoms with Crippen LogP contribution in [0.2, 0.25) is 0 Å². The lowest BCUT2D eigenvalue weighted by molar-refractivity contribution is -0.870. The average Bonchev–Trinajstić information content (AvgIpc) is 2.27. The van der Waals surface area contributed by atoms with E-state index in [4.69, 9.17) is 4.52 Å². The first kappa shape index (κ1) is 14.7. The maximum absolute atomic E-state index is 11.8. The van der Waals surface area contributed by atoms with E-state index in [0.717, 1.165) is 11.0 Å². The van der Waals surface area contributed by atoms with Crippen LogP contribution in [0.1, 0.15) is 0 Å². The first-order valence-corrected chi connectivity index (χ1v) is 6.62. The molecule has 0 aliphatic rings. The van der Waals surface area contributed by atoms with Gasteiger partial charge in [0.2, 0.25) is 5.30 Å². The van der Waals surface area contributed by atoms with E-state index in [-0.39, 0.29) is 5.69 Å². The quantitative estimate of drug-likeness (QED) is 0.342. The molecule has 0 aliphatic carbocycles. The van der Waals surface area contributed by atoms with Crippen LogP contribution in [0.5, 0.6) is 0 Å². The van der Waals surface area contributed by atoms with Crippen LogP contribution in [-0.4, -0.2) is 43.7 Å². The van der Waals surface area contributed by atoms with Crippen LogP contribution in [0.3, 0.4) is 0 Å². The van der Waals surface area contributed by atoms with Gasteiger partial charge in [-0.15, -0.1) is 4.52 Å². The number of nitro benzene ring substituents is 1. The number of benzene rings is 1. The number of likely N-dealkylation sites (N-methyl/N-ethyl adjacent to an activating group) is 1. The summed E-state index contributed by atoms with van der Waals surface area (Å²) in [4.78, 5) is 9.97. The van der Waals surface area contributed by atoms with Gasteiger partial charge in [-0.3, -0.25) is 10.1 Å². The van der Waals surface area contributed by atoms with Crippen molar-refractivity contribution < 1.29 is 18.5 Å². The fourth-order valence-electron chi connectivity index (χ4n) is 1.17. The maximum Gasteiger partial charge on any atom is 0.548 e. The molecule has 0 aliphatic heterocycles. The molecule has 0 saturated carbocycles. The van der Waals surface area contributed by atoms with Gasteiger partial charge in [0, 0.05) is 24.3 Å². The van der Waals surface area contributed by atoms with Crippen molar-refractivity contribution in [3.8, 4) is 0 Å². The summed E-state index contributed by atoms with van der Waals surface area (Å²) in [5.74, 6) is 0. The molecule has 6 nitrogen and oxygen atoms in total. The van der Waals surface area contributed by atoms with Gasteiger partial charge < -0.3 is 4.48 Å². The van der Waals surface area contributed by atoms with Gasteiger partial charge in [0.1, 0.15) is 6.54 Å². The number of hydrogen-bond donors (Lipinski definition) is 0. The summed E-state index contributed by atoms with van der Waals surface area (Å²) in [6, 6.07) is 5.57. The maximum atomic E-state index is 11.8. The largest absolute Gasteiger partial charge is 0.548 e. The van der Waals surface area contributed by atoms with E-state index >= 15 is 0 Å². The molecule has 0 heterocycles. The topological polar surface area (TPSA) is 69.4 Å². The molecule has 0 spiro atoms. The fraction of sp³-hybridized carbons (Fsp3) is 0.455. The van der Waals surface area contributed by atoms with Gasteiger partial charge in [-0.1, -0.05) is 0 Å². The molecule has 0 saturated heterocycles. The Kier molecular flexibility index (Phi) is 4.90. The number of rotatable bonds is 6. The normalized spacial score (nSPS) is 12.3. The molecule has 0 radical (unpaired) electrons. The van der Waals surface area contributed by atoms with Crippen molar-refractivity contribution >= 4 is 19.0 Å². The second kappa shape index (κ2) is 6.00. The SMILES string of the molecule is C[N+](C)(C)CCO[P+](=O)c1ccc([N+](=O)[O-])cc1. The van der Waals surface area contributed by atoms with E-state index in [9.17, 15) is 14.7 Å². The van der Waals surface area contributed by atoms with Crippen molar-refractivity contribution in [2.75, 3.05) is 34.3 Å². The Morgan fingerprint density at radius 3 is 2.28 bits per heavy atom. The summed E-state index contributed by atoms with van der Waals surface area (Å²) >= 11 is 0. The van der Waals surface area contributed by atoms with Crippen molar-refractivity contribution in [2.24, 2.45) is 0 Å². The number of hydrogen-bond acceptors (Lipinski definition) is 4. The van der Waals surface area contributed by atoms with Crippen molar-refractivity contribution in [3.05, 3.63) is 34.4 Å². The molecule has 98 valence electrons. The smallest absolute Gasteiger partial charge is 0.329 e. The zero-order valence-electron chi connectivity index (χ0n) is 10.7. The minimum absolute atomic E-state index is 0.0199. The molecular weight excluding hydrogens is 255 g/mol. The molecule has 1 aromatic rings. The second-order valence-electron chi connectivity index (χ2n) is 4.88. The third-order valence-corrected chi connectivity index (χ3v) is 3.38. The van der Waals surface area contributed by atoms with Crippen LogP contribution < -0.4 is 5.30 Å². The highest BCUT2D eigenvalue weighted by molar-refractivity contribution is 7.48. The predicted octanol–water partition coefficient (Wildman–Crippen LogP) is 1.69. The zero-order valence-corrected chi connectivity index (χ0v) is 11.6. The first-order chi connectivity index (χ1) is 8.29. The van der Waals surface area contributed by atoms with Gasteiger partial charge in [0.15, 0.2) is 6.61 Å². The zero-order chi connectivity index (χ0) is 13.8. The van der Waals surface area contributed by atoms with Crippen molar-refractivity contribution in [2.45, 2.75) is 0 Å². The van der Waals surface area contributed by atoms with E-state index in [0.29, 0.717) is 11.9 Å². The molecule has 0 bridgehead atoms. The van der Waals surface area contributed by atoms with E-state index in [1.807, 2.05) is 21.1 Å². The minimum atomic E-state index is -1.94. The van der Waals surface area contributed by atoms with Gasteiger partial charge in [0.25, 0.3) is 5.69 Å². The highest BCUT2D eigenvalue weighted by Gasteiger charge is 2.24. The third kappa shape index (κ3) is 4.87. The van der Waals surface area contributed by atoms with Crippen LogP contribution in [-0.2, 0) is 9.09 Å². The molecule has 1 aromatic carbocycles. The second-order valence-corrected chi connectivity index (χ2v) is 6.17. The Balaban J connectivity index is 2.54. The van der Waals surface area contributed by atoms with Gasteiger partial charge in [-0.25, -0.2) is 0 Å². The number of nitrogens with zero attached hydrogens (tertiary/aromatic N) is 2. The molecule has 1 rings (SSSR count). The third-order valence-electron chi connectivity index (χ3n) is 2.24. The molecule has 7 heteroatoms. The summed E-state index contributed by atoms with van der Waals surface area (Å²) in [7, 11) is 4.11. The van der Waals surface area contributed by atoms with Gasteiger partial charge in [0.05, 0.1) is 26.1 Å².